The van der Waals surface area contributed by atoms with Gasteiger partial charge in [0, 0.05) is 37.4 Å². The SMILES string of the molecule is CC.c1ccc2c(-c3ccc(-n4c5cccnc5c5c6sc7ccccc7c6ccc54)cc3)cccc2c1. The lowest BCUT2D eigenvalue weighted by atomic mass is 9.98. The average molecular weight is 507 g/mol. The first-order valence-electron chi connectivity index (χ1n) is 13.1. The number of benzene rings is 5. The summed E-state index contributed by atoms with van der Waals surface area (Å²) in [4.78, 5) is 4.86. The predicted octanol–water partition coefficient (Wildman–Crippen LogP) is 10.4. The Hall–Kier alpha value is -4.47. The van der Waals surface area contributed by atoms with Crippen molar-refractivity contribution < 1.29 is 0 Å². The maximum atomic E-state index is 4.86. The summed E-state index contributed by atoms with van der Waals surface area (Å²) in [6.45, 7) is 4.00. The second-order valence-electron chi connectivity index (χ2n) is 9.21. The van der Waals surface area contributed by atoms with Crippen LogP contribution in [0.4, 0.5) is 0 Å². The Morgan fingerprint density at radius 2 is 1.37 bits per heavy atom. The summed E-state index contributed by atoms with van der Waals surface area (Å²) in [5, 5.41) is 6.40. The molecule has 5 aromatic carbocycles. The van der Waals surface area contributed by atoms with Gasteiger partial charge in [-0.1, -0.05) is 92.7 Å². The van der Waals surface area contributed by atoms with Crippen LogP contribution in [-0.2, 0) is 0 Å². The molecule has 0 N–H and O–H groups in total. The van der Waals surface area contributed by atoms with Gasteiger partial charge >= 0.3 is 0 Å². The van der Waals surface area contributed by atoms with Crippen molar-refractivity contribution in [3.05, 3.63) is 121 Å². The van der Waals surface area contributed by atoms with Crippen molar-refractivity contribution in [3.63, 3.8) is 0 Å². The van der Waals surface area contributed by atoms with Gasteiger partial charge < -0.3 is 4.57 Å². The van der Waals surface area contributed by atoms with Crippen molar-refractivity contribution in [1.29, 1.82) is 0 Å². The largest absolute Gasteiger partial charge is 0.308 e. The van der Waals surface area contributed by atoms with E-state index in [1.807, 2.05) is 37.4 Å². The molecule has 0 aliphatic carbocycles. The lowest BCUT2D eigenvalue weighted by Crippen LogP contribution is -1.94. The molecule has 3 heteroatoms. The lowest BCUT2D eigenvalue weighted by Gasteiger charge is -2.11. The third-order valence-electron chi connectivity index (χ3n) is 7.26. The van der Waals surface area contributed by atoms with E-state index in [1.165, 1.54) is 53.0 Å². The quantitative estimate of drug-likeness (QED) is 0.228. The van der Waals surface area contributed by atoms with Gasteiger partial charge in [0.25, 0.3) is 0 Å². The van der Waals surface area contributed by atoms with Crippen LogP contribution in [0.2, 0.25) is 0 Å². The highest BCUT2D eigenvalue weighted by Crippen LogP contribution is 2.42. The van der Waals surface area contributed by atoms with Crippen molar-refractivity contribution >= 4 is 64.2 Å². The van der Waals surface area contributed by atoms with Crippen molar-refractivity contribution in [1.82, 2.24) is 9.55 Å². The van der Waals surface area contributed by atoms with Crippen LogP contribution in [0.3, 0.4) is 0 Å². The number of pyridine rings is 1. The number of hydrogen-bond donors (Lipinski definition) is 0. The summed E-state index contributed by atoms with van der Waals surface area (Å²) in [7, 11) is 0. The zero-order chi connectivity index (χ0) is 25.6. The molecule has 0 fully saturated rings. The number of nitrogens with zero attached hydrogens (tertiary/aromatic N) is 2. The molecule has 0 aliphatic rings. The smallest absolute Gasteiger partial charge is 0.0977 e. The summed E-state index contributed by atoms with van der Waals surface area (Å²) < 4.78 is 4.98. The van der Waals surface area contributed by atoms with E-state index in [1.54, 1.807) is 0 Å². The van der Waals surface area contributed by atoms with E-state index in [-0.39, 0.29) is 0 Å². The summed E-state index contributed by atoms with van der Waals surface area (Å²) in [6, 6.07) is 41.5. The zero-order valence-electron chi connectivity index (χ0n) is 21.3. The molecule has 0 unspecified atom stereocenters. The topological polar surface area (TPSA) is 17.8 Å². The molecular formula is C35H26N2S. The minimum absolute atomic E-state index is 1.06. The van der Waals surface area contributed by atoms with Crippen LogP contribution in [0.1, 0.15) is 13.8 Å². The summed E-state index contributed by atoms with van der Waals surface area (Å²) in [6.07, 6.45) is 1.90. The maximum Gasteiger partial charge on any atom is 0.0977 e. The fraction of sp³-hybridized carbons (Fsp3) is 0.0571. The molecular weight excluding hydrogens is 480 g/mol. The zero-order valence-corrected chi connectivity index (χ0v) is 22.2. The first-order valence-corrected chi connectivity index (χ1v) is 14.0. The van der Waals surface area contributed by atoms with E-state index >= 15 is 0 Å². The van der Waals surface area contributed by atoms with Crippen LogP contribution in [0, 0.1) is 0 Å². The second-order valence-corrected chi connectivity index (χ2v) is 10.3. The number of aromatic nitrogens is 2. The minimum Gasteiger partial charge on any atom is -0.308 e. The van der Waals surface area contributed by atoms with Gasteiger partial charge in [0.1, 0.15) is 0 Å². The van der Waals surface area contributed by atoms with Gasteiger partial charge in [-0.05, 0) is 58.3 Å². The Bertz CT molecular complexity index is 2090. The molecule has 0 saturated carbocycles. The van der Waals surface area contributed by atoms with Crippen LogP contribution in [0.25, 0.3) is 69.7 Å². The number of fused-ring (bicyclic) bond motifs is 8. The molecule has 8 rings (SSSR count). The average Bonchev–Trinajstić information content (AvgIpc) is 3.54. The molecule has 3 aromatic heterocycles. The fourth-order valence-corrected chi connectivity index (χ4v) is 6.88. The van der Waals surface area contributed by atoms with Gasteiger partial charge in [-0.3, -0.25) is 4.98 Å². The van der Waals surface area contributed by atoms with Crippen molar-refractivity contribution in [2.24, 2.45) is 0 Å². The van der Waals surface area contributed by atoms with E-state index < -0.39 is 0 Å². The molecule has 182 valence electrons. The van der Waals surface area contributed by atoms with E-state index in [4.69, 9.17) is 4.98 Å². The van der Waals surface area contributed by atoms with Gasteiger partial charge in [-0.2, -0.15) is 0 Å². The van der Waals surface area contributed by atoms with E-state index in [0.717, 1.165) is 16.7 Å². The molecule has 3 heterocycles. The molecule has 38 heavy (non-hydrogen) atoms. The molecule has 0 spiro atoms. The second kappa shape index (κ2) is 9.13. The van der Waals surface area contributed by atoms with Gasteiger partial charge in [0.2, 0.25) is 0 Å². The monoisotopic (exact) mass is 506 g/mol. The van der Waals surface area contributed by atoms with Crippen LogP contribution >= 0.6 is 11.3 Å². The van der Waals surface area contributed by atoms with Crippen LogP contribution in [0.5, 0.6) is 0 Å². The van der Waals surface area contributed by atoms with Crippen molar-refractivity contribution in [3.8, 4) is 16.8 Å². The standard InChI is InChI=1S/C33H20N2S.C2H6/c1-2-9-24-21(7-1)8-5-11-25(24)22-14-16-23(17-15-22)35-28-19-18-27-26-10-3-4-13-30(26)36-33(27)31(28)32-29(35)12-6-20-34-32;1-2/h1-20H;1-2H3. The maximum absolute atomic E-state index is 4.86. The van der Waals surface area contributed by atoms with Gasteiger partial charge in [-0.15, -0.1) is 11.3 Å². The third-order valence-corrected chi connectivity index (χ3v) is 8.46. The van der Waals surface area contributed by atoms with Gasteiger partial charge in [0.15, 0.2) is 0 Å². The summed E-state index contributed by atoms with van der Waals surface area (Å²) in [5.41, 5.74) is 7.02. The van der Waals surface area contributed by atoms with Gasteiger partial charge in [-0.25, -0.2) is 0 Å². The molecule has 0 atom stereocenters. The van der Waals surface area contributed by atoms with Crippen LogP contribution in [-0.4, -0.2) is 9.55 Å². The molecule has 0 amide bonds. The molecule has 0 bridgehead atoms. The fourth-order valence-electron chi connectivity index (χ4n) is 5.64. The predicted molar refractivity (Wildman–Crippen MR) is 166 cm³/mol. The Balaban J connectivity index is 0.00000118. The van der Waals surface area contributed by atoms with Crippen LogP contribution in [0.15, 0.2) is 121 Å². The normalized spacial score (nSPS) is 11.4. The Kier molecular flexibility index (Phi) is 5.45. The number of thiophene rings is 1. The minimum atomic E-state index is 1.06. The number of hydrogen-bond acceptors (Lipinski definition) is 2. The highest BCUT2D eigenvalue weighted by molar-refractivity contribution is 7.26. The summed E-state index contributed by atoms with van der Waals surface area (Å²) in [5.74, 6) is 0. The third kappa shape index (κ3) is 3.36. The Morgan fingerprint density at radius 1 is 0.605 bits per heavy atom. The Labute approximate surface area is 225 Å². The summed E-state index contributed by atoms with van der Waals surface area (Å²) >= 11 is 1.86. The molecule has 2 nitrogen and oxygen atoms in total. The van der Waals surface area contributed by atoms with Crippen molar-refractivity contribution in [2.75, 3.05) is 0 Å². The van der Waals surface area contributed by atoms with E-state index in [0.29, 0.717) is 0 Å². The molecule has 0 radical (unpaired) electrons. The van der Waals surface area contributed by atoms with E-state index in [9.17, 15) is 0 Å². The van der Waals surface area contributed by atoms with Gasteiger partial charge in [0.05, 0.1) is 16.6 Å². The highest BCUT2D eigenvalue weighted by atomic mass is 32.1. The lowest BCUT2D eigenvalue weighted by molar-refractivity contribution is 1.18. The Morgan fingerprint density at radius 3 is 2.24 bits per heavy atom. The molecule has 0 aliphatic heterocycles. The van der Waals surface area contributed by atoms with Crippen LogP contribution < -0.4 is 0 Å². The first-order chi connectivity index (χ1) is 18.9. The van der Waals surface area contributed by atoms with E-state index in [2.05, 4.69) is 114 Å². The molecule has 8 aromatic rings. The number of rotatable bonds is 2. The van der Waals surface area contributed by atoms with Crippen molar-refractivity contribution in [2.45, 2.75) is 13.8 Å². The highest BCUT2D eigenvalue weighted by Gasteiger charge is 2.18. The first kappa shape index (κ1) is 22.7. The molecule has 0 saturated heterocycles.